The summed E-state index contributed by atoms with van der Waals surface area (Å²) in [6.07, 6.45) is 0.259. The van der Waals surface area contributed by atoms with Crippen LogP contribution in [-0.2, 0) is 0 Å². The van der Waals surface area contributed by atoms with Gasteiger partial charge in [0.1, 0.15) is 0 Å². The van der Waals surface area contributed by atoms with Gasteiger partial charge in [0.05, 0.1) is 6.42 Å². The van der Waals surface area contributed by atoms with Crippen molar-refractivity contribution in [3.05, 3.63) is 77.0 Å². The first-order valence-electron chi connectivity index (χ1n) is 6.35. The van der Waals surface area contributed by atoms with Crippen molar-refractivity contribution in [2.75, 3.05) is 5.32 Å². The number of hydrogen-bond donors (Lipinski definition) is 1. The number of ketones is 1. The Kier molecular flexibility index (Phi) is 4.59. The molecule has 0 saturated heterocycles. The molecule has 0 spiro atoms. The van der Waals surface area contributed by atoms with E-state index in [0.29, 0.717) is 16.3 Å². The molecule has 0 aromatic heterocycles. The quantitative estimate of drug-likeness (QED) is 0.796. The van der Waals surface area contributed by atoms with Crippen LogP contribution in [0.15, 0.2) is 60.8 Å². The maximum Gasteiger partial charge on any atom is 0.168 e. The highest BCUT2D eigenvalue weighted by Crippen LogP contribution is 2.16. The Balaban J connectivity index is 1.95. The molecule has 0 aliphatic heterocycles. The van der Waals surface area contributed by atoms with Gasteiger partial charge in [-0.1, -0.05) is 35.9 Å². The predicted octanol–water partition coefficient (Wildman–Crippen LogP) is 4.85. The number of nitrogens with one attached hydrogen (secondary N) is 1. The van der Waals surface area contributed by atoms with E-state index in [4.69, 9.17) is 11.6 Å². The number of Topliss-reactive ketones (excluding diaryl/α,β-unsaturated/α-hetero) is 1. The third kappa shape index (κ3) is 3.97. The van der Waals surface area contributed by atoms with E-state index in [2.05, 4.69) is 11.9 Å². The Hall–Kier alpha value is -2.06. The fourth-order valence-electron chi connectivity index (χ4n) is 1.82. The third-order valence-corrected chi connectivity index (χ3v) is 3.16. The molecule has 0 radical (unpaired) electrons. The molecule has 20 heavy (non-hydrogen) atoms. The summed E-state index contributed by atoms with van der Waals surface area (Å²) in [6, 6.07) is 14.8. The van der Waals surface area contributed by atoms with E-state index in [1.165, 1.54) is 5.56 Å². The van der Waals surface area contributed by atoms with Gasteiger partial charge in [0, 0.05) is 22.0 Å². The maximum absolute atomic E-state index is 12.1. The summed E-state index contributed by atoms with van der Waals surface area (Å²) < 4.78 is 0. The molecule has 102 valence electrons. The molecule has 0 aliphatic rings. The van der Waals surface area contributed by atoms with E-state index < -0.39 is 0 Å². The number of carbonyl (C=O) groups excluding carboxylic acids is 1. The smallest absolute Gasteiger partial charge is 0.168 e. The molecule has 0 unspecified atom stereocenters. The highest BCUT2D eigenvalue weighted by molar-refractivity contribution is 6.30. The second-order valence-corrected chi connectivity index (χ2v) is 5.14. The molecule has 2 aromatic rings. The fourth-order valence-corrected chi connectivity index (χ4v) is 1.94. The molecule has 0 fully saturated rings. The Bertz CT molecular complexity index is 614. The Morgan fingerprint density at radius 3 is 2.30 bits per heavy atom. The molecular weight excluding hydrogens is 270 g/mol. The lowest BCUT2D eigenvalue weighted by atomic mass is 10.1. The zero-order valence-electron chi connectivity index (χ0n) is 11.3. The lowest BCUT2D eigenvalue weighted by Crippen LogP contribution is -2.06. The minimum absolute atomic E-state index is 0.0197. The number of benzene rings is 2. The van der Waals surface area contributed by atoms with Crippen LogP contribution in [0.2, 0.25) is 5.02 Å². The number of anilines is 1. The lowest BCUT2D eigenvalue weighted by molar-refractivity contribution is 0.0993. The van der Waals surface area contributed by atoms with Gasteiger partial charge in [0.2, 0.25) is 0 Å². The molecule has 0 amide bonds. The Morgan fingerprint density at radius 1 is 1.10 bits per heavy atom. The number of allylic oxidation sites excluding steroid dienone is 1. The average molecular weight is 286 g/mol. The van der Waals surface area contributed by atoms with Crippen LogP contribution in [0.5, 0.6) is 0 Å². The van der Waals surface area contributed by atoms with Crippen molar-refractivity contribution in [3.8, 4) is 0 Å². The summed E-state index contributed by atoms with van der Waals surface area (Å²) in [4.78, 5) is 12.1. The zero-order chi connectivity index (χ0) is 14.5. The molecule has 1 N–H and O–H groups in total. The fraction of sp³-hybridized carbons (Fsp3) is 0.118. The van der Waals surface area contributed by atoms with Gasteiger partial charge in [-0.05, 0) is 43.3 Å². The summed E-state index contributed by atoms with van der Waals surface area (Å²) in [6.45, 7) is 5.93. The molecule has 2 rings (SSSR count). The van der Waals surface area contributed by atoms with Crippen LogP contribution in [0, 0.1) is 6.92 Å². The number of aryl methyl sites for hydroxylation is 1. The van der Waals surface area contributed by atoms with Crippen LogP contribution in [-0.4, -0.2) is 5.78 Å². The number of hydrogen-bond acceptors (Lipinski definition) is 2. The number of halogens is 1. The largest absolute Gasteiger partial charge is 0.359 e. The van der Waals surface area contributed by atoms with Crippen molar-refractivity contribution in [2.24, 2.45) is 0 Å². The van der Waals surface area contributed by atoms with Crippen molar-refractivity contribution >= 4 is 23.1 Å². The topological polar surface area (TPSA) is 29.1 Å². The van der Waals surface area contributed by atoms with E-state index in [1.54, 1.807) is 24.3 Å². The van der Waals surface area contributed by atoms with Crippen molar-refractivity contribution in [1.29, 1.82) is 0 Å². The van der Waals surface area contributed by atoms with Crippen LogP contribution in [0.25, 0.3) is 0 Å². The number of carbonyl (C=O) groups is 1. The van der Waals surface area contributed by atoms with Crippen LogP contribution in [0.4, 0.5) is 5.69 Å². The minimum Gasteiger partial charge on any atom is -0.359 e. The monoisotopic (exact) mass is 285 g/mol. The van der Waals surface area contributed by atoms with Crippen LogP contribution >= 0.6 is 11.6 Å². The van der Waals surface area contributed by atoms with Crippen molar-refractivity contribution < 1.29 is 4.79 Å². The second-order valence-electron chi connectivity index (χ2n) is 4.70. The van der Waals surface area contributed by atoms with Gasteiger partial charge in [0.25, 0.3) is 0 Å². The first-order valence-corrected chi connectivity index (χ1v) is 6.72. The molecule has 2 nitrogen and oxygen atoms in total. The van der Waals surface area contributed by atoms with Gasteiger partial charge < -0.3 is 5.32 Å². The molecule has 0 atom stereocenters. The Labute approximate surface area is 124 Å². The van der Waals surface area contributed by atoms with Crippen LogP contribution < -0.4 is 5.32 Å². The summed E-state index contributed by atoms with van der Waals surface area (Å²) >= 11 is 5.80. The molecule has 0 bridgehead atoms. The molecule has 0 aliphatic carbocycles. The third-order valence-electron chi connectivity index (χ3n) is 2.91. The van der Waals surface area contributed by atoms with E-state index in [-0.39, 0.29) is 12.2 Å². The average Bonchev–Trinajstić information content (AvgIpc) is 2.42. The summed E-state index contributed by atoms with van der Waals surface area (Å²) in [7, 11) is 0. The van der Waals surface area contributed by atoms with Crippen molar-refractivity contribution in [2.45, 2.75) is 13.3 Å². The highest BCUT2D eigenvalue weighted by Gasteiger charge is 2.08. The molecule has 0 heterocycles. The van der Waals surface area contributed by atoms with E-state index in [0.717, 1.165) is 5.69 Å². The van der Waals surface area contributed by atoms with Gasteiger partial charge in [-0.2, -0.15) is 0 Å². The second kappa shape index (κ2) is 6.40. The molecule has 0 saturated carbocycles. The van der Waals surface area contributed by atoms with E-state index in [1.807, 2.05) is 31.2 Å². The van der Waals surface area contributed by atoms with E-state index in [9.17, 15) is 4.79 Å². The lowest BCUT2D eigenvalue weighted by Gasteiger charge is -2.09. The van der Waals surface area contributed by atoms with Gasteiger partial charge in [-0.3, -0.25) is 4.79 Å². The normalized spacial score (nSPS) is 10.1. The number of rotatable bonds is 5. The minimum atomic E-state index is 0.0197. The van der Waals surface area contributed by atoms with E-state index >= 15 is 0 Å². The summed E-state index contributed by atoms with van der Waals surface area (Å²) in [5.41, 5.74) is 3.44. The molecular formula is C17H16ClNO. The highest BCUT2D eigenvalue weighted by atomic mass is 35.5. The summed E-state index contributed by atoms with van der Waals surface area (Å²) in [5, 5.41) is 3.76. The van der Waals surface area contributed by atoms with Gasteiger partial charge in [-0.25, -0.2) is 0 Å². The van der Waals surface area contributed by atoms with Crippen LogP contribution in [0.3, 0.4) is 0 Å². The Morgan fingerprint density at radius 2 is 1.70 bits per heavy atom. The van der Waals surface area contributed by atoms with Crippen molar-refractivity contribution in [3.63, 3.8) is 0 Å². The van der Waals surface area contributed by atoms with Crippen LogP contribution in [0.1, 0.15) is 22.3 Å². The zero-order valence-corrected chi connectivity index (χ0v) is 12.1. The first-order chi connectivity index (χ1) is 9.54. The van der Waals surface area contributed by atoms with Gasteiger partial charge >= 0.3 is 0 Å². The first kappa shape index (κ1) is 14.4. The predicted molar refractivity (Wildman–Crippen MR) is 84.3 cm³/mol. The van der Waals surface area contributed by atoms with Crippen molar-refractivity contribution in [1.82, 2.24) is 0 Å². The van der Waals surface area contributed by atoms with Gasteiger partial charge in [-0.15, -0.1) is 0 Å². The van der Waals surface area contributed by atoms with Gasteiger partial charge in [0.15, 0.2) is 5.78 Å². The standard InChI is InChI=1S/C17H16ClNO/c1-12-3-9-16(10-4-12)19-13(2)11-17(20)14-5-7-15(18)8-6-14/h3-10,19H,2,11H2,1H3. The molecule has 3 heteroatoms. The summed E-state index contributed by atoms with van der Waals surface area (Å²) in [5.74, 6) is 0.0197. The SMILES string of the molecule is C=C(CC(=O)c1ccc(Cl)cc1)Nc1ccc(C)cc1. The maximum atomic E-state index is 12.1. The molecule has 2 aromatic carbocycles.